The number of fused-ring (bicyclic) bond motifs is 1. The van der Waals surface area contributed by atoms with Gasteiger partial charge in [0.2, 0.25) is 5.95 Å². The van der Waals surface area contributed by atoms with Crippen molar-refractivity contribution in [1.82, 2.24) is 19.8 Å². The second-order valence-electron chi connectivity index (χ2n) is 6.76. The summed E-state index contributed by atoms with van der Waals surface area (Å²) in [5.74, 6) is 0.890. The maximum atomic E-state index is 11.6. The van der Waals surface area contributed by atoms with Crippen molar-refractivity contribution in [1.29, 1.82) is 0 Å². The molecule has 3 rings (SSSR count). The lowest BCUT2D eigenvalue weighted by Gasteiger charge is -2.35. The maximum Gasteiger partial charge on any atom is 0.409 e. The lowest BCUT2D eigenvalue weighted by Crippen LogP contribution is -2.42. The molecule has 24 heavy (non-hydrogen) atoms. The van der Waals surface area contributed by atoms with E-state index in [1.807, 2.05) is 11.1 Å². The minimum atomic E-state index is -0.207. The van der Waals surface area contributed by atoms with Gasteiger partial charge in [-0.05, 0) is 43.7 Å². The van der Waals surface area contributed by atoms with E-state index in [1.54, 1.807) is 0 Å². The summed E-state index contributed by atoms with van der Waals surface area (Å²) in [7, 11) is 1.45. The van der Waals surface area contributed by atoms with Crippen LogP contribution in [0.3, 0.4) is 0 Å². The largest absolute Gasteiger partial charge is 0.453 e. The highest BCUT2D eigenvalue weighted by Crippen LogP contribution is 2.26. The van der Waals surface area contributed by atoms with Crippen molar-refractivity contribution in [3.63, 3.8) is 0 Å². The first-order valence-electron chi connectivity index (χ1n) is 8.78. The molecule has 1 aliphatic heterocycles. The summed E-state index contributed by atoms with van der Waals surface area (Å²) in [6, 6.07) is 0.516. The number of nitrogen functional groups attached to an aromatic ring is 1. The Morgan fingerprint density at radius 3 is 3.08 bits per heavy atom. The number of carbonyl (C=O) groups excluding carboxylic acids is 1. The Morgan fingerprint density at radius 1 is 1.50 bits per heavy atom. The van der Waals surface area contributed by atoms with Gasteiger partial charge in [-0.2, -0.15) is 0 Å². The number of hydrogen-bond acceptors (Lipinski definition) is 6. The molecule has 1 fully saturated rings. The summed E-state index contributed by atoms with van der Waals surface area (Å²) in [5, 5.41) is 0. The smallest absolute Gasteiger partial charge is 0.409 e. The van der Waals surface area contributed by atoms with Crippen LogP contribution in [0.1, 0.15) is 31.0 Å². The summed E-state index contributed by atoms with van der Waals surface area (Å²) < 4.78 is 4.83. The van der Waals surface area contributed by atoms with Crippen LogP contribution in [0.15, 0.2) is 6.20 Å². The molecule has 7 heteroatoms. The third-order valence-corrected chi connectivity index (χ3v) is 5.28. The Balaban J connectivity index is 1.59. The quantitative estimate of drug-likeness (QED) is 0.895. The first-order chi connectivity index (χ1) is 11.6. The number of carbonyl (C=O) groups is 1. The first kappa shape index (κ1) is 17.0. The third-order valence-electron chi connectivity index (χ3n) is 5.28. The van der Waals surface area contributed by atoms with Crippen LogP contribution in [0.25, 0.3) is 0 Å². The van der Waals surface area contributed by atoms with Gasteiger partial charge in [-0.15, -0.1) is 0 Å². The molecule has 0 aromatic carbocycles. The van der Waals surface area contributed by atoms with E-state index in [0.717, 1.165) is 57.6 Å². The van der Waals surface area contributed by atoms with Crippen LogP contribution >= 0.6 is 0 Å². The number of amides is 1. The molecular weight excluding hydrogens is 306 g/mol. The molecule has 0 saturated carbocycles. The van der Waals surface area contributed by atoms with Gasteiger partial charge in [-0.25, -0.2) is 14.8 Å². The summed E-state index contributed by atoms with van der Waals surface area (Å²) in [4.78, 5) is 24.5. The number of likely N-dealkylation sites (tertiary alicyclic amines) is 1. The number of nitrogens with two attached hydrogens (primary N) is 1. The Kier molecular flexibility index (Phi) is 5.18. The average molecular weight is 333 g/mol. The molecule has 2 aliphatic rings. The zero-order valence-electron chi connectivity index (χ0n) is 14.6. The van der Waals surface area contributed by atoms with Crippen molar-refractivity contribution < 1.29 is 9.53 Å². The number of rotatable bonds is 4. The van der Waals surface area contributed by atoms with Gasteiger partial charge in [0.1, 0.15) is 0 Å². The molecule has 0 radical (unpaired) electrons. The molecule has 0 bridgehead atoms. The maximum absolute atomic E-state index is 11.6. The predicted octanol–water partition coefficient (Wildman–Crippen LogP) is 1.33. The molecule has 0 spiro atoms. The zero-order chi connectivity index (χ0) is 17.1. The molecule has 7 nitrogen and oxygen atoms in total. The Bertz CT molecular complexity index is 594. The van der Waals surface area contributed by atoms with Gasteiger partial charge in [0.05, 0.1) is 7.11 Å². The van der Waals surface area contributed by atoms with Gasteiger partial charge in [-0.1, -0.05) is 6.92 Å². The molecule has 2 unspecified atom stereocenters. The highest BCUT2D eigenvalue weighted by molar-refractivity contribution is 5.67. The second-order valence-corrected chi connectivity index (χ2v) is 6.76. The highest BCUT2D eigenvalue weighted by atomic mass is 16.5. The molecule has 1 saturated heterocycles. The van der Waals surface area contributed by atoms with Crippen LogP contribution in [-0.4, -0.2) is 65.2 Å². The van der Waals surface area contributed by atoms with Crippen LogP contribution in [0.4, 0.5) is 10.7 Å². The number of hydrogen-bond donors (Lipinski definition) is 1. The molecule has 1 amide bonds. The van der Waals surface area contributed by atoms with E-state index in [0.29, 0.717) is 17.9 Å². The van der Waals surface area contributed by atoms with Gasteiger partial charge in [0, 0.05) is 37.6 Å². The number of aromatic nitrogens is 2. The molecule has 2 heterocycles. The van der Waals surface area contributed by atoms with Crippen LogP contribution in [-0.2, 0) is 17.6 Å². The lowest BCUT2D eigenvalue weighted by atomic mass is 9.91. The van der Waals surface area contributed by atoms with E-state index < -0.39 is 0 Å². The van der Waals surface area contributed by atoms with Crippen LogP contribution < -0.4 is 5.73 Å². The van der Waals surface area contributed by atoms with Gasteiger partial charge in [0.25, 0.3) is 0 Å². The Hall–Kier alpha value is -1.89. The summed E-state index contributed by atoms with van der Waals surface area (Å²) in [5.41, 5.74) is 8.01. The topological polar surface area (TPSA) is 84.6 Å². The molecule has 132 valence electrons. The van der Waals surface area contributed by atoms with E-state index in [2.05, 4.69) is 21.8 Å². The van der Waals surface area contributed by atoms with Gasteiger partial charge in [0.15, 0.2) is 0 Å². The second kappa shape index (κ2) is 7.34. The summed E-state index contributed by atoms with van der Waals surface area (Å²) in [6.45, 7) is 5.86. The van der Waals surface area contributed by atoms with Crippen LogP contribution in [0.5, 0.6) is 0 Å². The summed E-state index contributed by atoms with van der Waals surface area (Å²) >= 11 is 0. The fourth-order valence-electron chi connectivity index (χ4n) is 3.96. The average Bonchev–Trinajstić information content (AvgIpc) is 3.07. The zero-order valence-corrected chi connectivity index (χ0v) is 14.6. The molecule has 2 N–H and O–H groups in total. The number of methoxy groups -OCH3 is 1. The molecular formula is C17H27N5O2. The molecule has 2 atom stereocenters. The predicted molar refractivity (Wildman–Crippen MR) is 91.6 cm³/mol. The van der Waals surface area contributed by atoms with E-state index in [-0.39, 0.29) is 6.09 Å². The first-order valence-corrected chi connectivity index (χ1v) is 8.78. The van der Waals surface area contributed by atoms with Crippen LogP contribution in [0, 0.1) is 5.92 Å². The summed E-state index contributed by atoms with van der Waals surface area (Å²) in [6.07, 6.45) is 5.77. The van der Waals surface area contributed by atoms with Crippen molar-refractivity contribution in [2.45, 2.75) is 38.6 Å². The molecule has 1 aliphatic carbocycles. The van der Waals surface area contributed by atoms with E-state index in [9.17, 15) is 4.79 Å². The highest BCUT2D eigenvalue weighted by Gasteiger charge is 2.31. The molecule has 1 aromatic heterocycles. The Morgan fingerprint density at radius 2 is 2.33 bits per heavy atom. The lowest BCUT2D eigenvalue weighted by molar-refractivity contribution is 0.127. The minimum Gasteiger partial charge on any atom is -0.453 e. The SMILES string of the molecule is CCN(CC1CCN(C(=O)OC)C1)C1CCc2nc(N)ncc2C1. The number of ether oxygens (including phenoxy) is 1. The van der Waals surface area contributed by atoms with Gasteiger partial charge >= 0.3 is 6.09 Å². The van der Waals surface area contributed by atoms with E-state index in [1.165, 1.54) is 12.7 Å². The third kappa shape index (κ3) is 3.61. The van der Waals surface area contributed by atoms with E-state index in [4.69, 9.17) is 10.5 Å². The fourth-order valence-corrected chi connectivity index (χ4v) is 3.96. The van der Waals surface area contributed by atoms with Gasteiger partial charge < -0.3 is 15.4 Å². The van der Waals surface area contributed by atoms with E-state index >= 15 is 0 Å². The number of aryl methyl sites for hydroxylation is 1. The normalized spacial score (nSPS) is 23.4. The fraction of sp³-hybridized carbons (Fsp3) is 0.706. The number of likely N-dealkylation sites (N-methyl/N-ethyl adjacent to an activating group) is 1. The molecule has 1 aromatic rings. The number of nitrogens with zero attached hydrogens (tertiary/aromatic N) is 4. The monoisotopic (exact) mass is 333 g/mol. The van der Waals surface area contributed by atoms with Crippen molar-refractivity contribution >= 4 is 12.0 Å². The van der Waals surface area contributed by atoms with Gasteiger partial charge in [-0.3, -0.25) is 4.90 Å². The van der Waals surface area contributed by atoms with Crippen molar-refractivity contribution in [2.24, 2.45) is 5.92 Å². The Labute approximate surface area is 143 Å². The van der Waals surface area contributed by atoms with Crippen molar-refractivity contribution in [3.05, 3.63) is 17.5 Å². The minimum absolute atomic E-state index is 0.207. The van der Waals surface area contributed by atoms with Crippen molar-refractivity contribution in [2.75, 3.05) is 39.0 Å². The number of anilines is 1. The standard InChI is InChI=1S/C17H27N5O2/c1-3-21(10-12-6-7-22(11-12)17(23)24-2)14-4-5-15-13(8-14)9-19-16(18)20-15/h9,12,14H,3-8,10-11H2,1-2H3,(H2,18,19,20). The van der Waals surface area contributed by atoms with Crippen LogP contribution in [0.2, 0.25) is 0 Å². The van der Waals surface area contributed by atoms with Crippen molar-refractivity contribution in [3.8, 4) is 0 Å².